The Balaban J connectivity index is 1.84. The van der Waals surface area contributed by atoms with Gasteiger partial charge in [0.1, 0.15) is 22.6 Å². The summed E-state index contributed by atoms with van der Waals surface area (Å²) in [7, 11) is -3.80. The molecule has 6 nitrogen and oxygen atoms in total. The number of hydrogen-bond donors (Lipinski definition) is 0. The second kappa shape index (κ2) is 14.5. The van der Waals surface area contributed by atoms with Crippen molar-refractivity contribution in [3.05, 3.63) is 145 Å². The van der Waals surface area contributed by atoms with Crippen molar-refractivity contribution >= 4 is 49.3 Å². The molecule has 50 heavy (non-hydrogen) atoms. The number of methoxy groups -OCH3 is 2. The number of carbonyl (C=O) groups is 2. The molecule has 0 radical (unpaired) electrons. The summed E-state index contributed by atoms with van der Waals surface area (Å²) in [6, 6.07) is 43.7. The van der Waals surface area contributed by atoms with Crippen molar-refractivity contribution in [2.24, 2.45) is 0 Å². The SMILES string of the molecule is COC(=O)c1cc(O[Si](c2ccccc2)(c2ccccc2)C(C)(C)C)c(C(=O)OC)cc1O[Si](c1ccccc1)(c1ccccc1)C(C)(C)C. The minimum absolute atomic E-state index is 0.154. The van der Waals surface area contributed by atoms with Gasteiger partial charge in [0.05, 0.1) is 14.2 Å². The lowest BCUT2D eigenvalue weighted by Gasteiger charge is -2.44. The van der Waals surface area contributed by atoms with E-state index in [2.05, 4.69) is 90.1 Å². The molecule has 0 atom stereocenters. The summed E-state index contributed by atoms with van der Waals surface area (Å²) in [5, 5.41) is 3.23. The maximum absolute atomic E-state index is 13.8. The van der Waals surface area contributed by atoms with Crippen LogP contribution in [0.1, 0.15) is 62.3 Å². The van der Waals surface area contributed by atoms with Crippen molar-refractivity contribution in [3.63, 3.8) is 0 Å². The van der Waals surface area contributed by atoms with Gasteiger partial charge in [-0.3, -0.25) is 0 Å². The van der Waals surface area contributed by atoms with E-state index in [9.17, 15) is 9.59 Å². The van der Waals surface area contributed by atoms with Crippen LogP contribution in [-0.4, -0.2) is 42.8 Å². The van der Waals surface area contributed by atoms with Crippen LogP contribution in [0.4, 0.5) is 0 Å². The summed E-state index contributed by atoms with van der Waals surface area (Å²) in [4.78, 5) is 27.6. The first-order chi connectivity index (χ1) is 23.8. The molecule has 0 bridgehead atoms. The molecule has 0 fully saturated rings. The molecular formula is C42H46O6Si2. The Morgan fingerprint density at radius 1 is 0.440 bits per heavy atom. The fraction of sp³-hybridized carbons (Fsp3) is 0.238. The van der Waals surface area contributed by atoms with Gasteiger partial charge in [0.25, 0.3) is 0 Å². The highest BCUT2D eigenvalue weighted by Gasteiger charge is 2.54. The predicted octanol–water partition coefficient (Wildman–Crippen LogP) is 7.14. The molecule has 258 valence electrons. The molecule has 5 rings (SSSR count). The molecule has 5 aromatic rings. The molecule has 0 saturated carbocycles. The average molecular weight is 703 g/mol. The number of carbonyl (C=O) groups excluding carboxylic acids is 2. The van der Waals surface area contributed by atoms with Crippen LogP contribution >= 0.6 is 0 Å². The Hall–Kier alpha value is -4.93. The molecule has 0 aliphatic rings. The van der Waals surface area contributed by atoms with E-state index < -0.39 is 38.6 Å². The highest BCUT2D eigenvalue weighted by atomic mass is 28.4. The quantitative estimate of drug-likeness (QED) is 0.114. The van der Waals surface area contributed by atoms with Gasteiger partial charge in [-0.25, -0.2) is 9.59 Å². The molecule has 5 aromatic carbocycles. The van der Waals surface area contributed by atoms with Crippen LogP contribution in [0, 0.1) is 0 Å². The normalized spacial score (nSPS) is 12.2. The number of hydrogen-bond acceptors (Lipinski definition) is 6. The lowest BCUT2D eigenvalue weighted by Crippen LogP contribution is -2.69. The minimum Gasteiger partial charge on any atom is -0.533 e. The molecule has 0 spiro atoms. The standard InChI is InChI=1S/C42H46O6Si2/c1-41(2,3)49(31-21-13-9-14-22-31,32-23-15-10-16-24-32)47-37-29-36(40(44)46-8)38(30-35(37)39(43)45-7)48-50(42(4,5)6,33-25-17-11-18-26-33)34-27-19-12-20-28-34/h9-30H,1-8H3. The van der Waals surface area contributed by atoms with Crippen molar-refractivity contribution < 1.29 is 27.9 Å². The smallest absolute Gasteiger partial charge is 0.341 e. The Morgan fingerprint density at radius 2 is 0.680 bits per heavy atom. The molecule has 0 N–H and O–H groups in total. The lowest BCUT2D eigenvalue weighted by atomic mass is 10.1. The van der Waals surface area contributed by atoms with E-state index in [1.54, 1.807) is 12.1 Å². The zero-order chi connectivity index (χ0) is 36.2. The summed E-state index contributed by atoms with van der Waals surface area (Å²) in [6.45, 7) is 12.9. The lowest BCUT2D eigenvalue weighted by molar-refractivity contribution is 0.0582. The van der Waals surface area contributed by atoms with E-state index in [4.69, 9.17) is 18.3 Å². The van der Waals surface area contributed by atoms with Crippen LogP contribution in [0.3, 0.4) is 0 Å². The first-order valence-electron chi connectivity index (χ1n) is 16.7. The van der Waals surface area contributed by atoms with Crippen molar-refractivity contribution in [1.29, 1.82) is 0 Å². The summed E-state index contributed by atoms with van der Waals surface area (Å²) in [6.07, 6.45) is 0. The molecule has 0 saturated heterocycles. The number of esters is 2. The average Bonchev–Trinajstić information content (AvgIpc) is 3.12. The van der Waals surface area contributed by atoms with Crippen molar-refractivity contribution in [1.82, 2.24) is 0 Å². The summed E-state index contributed by atoms with van der Waals surface area (Å²) in [5.41, 5.74) is 0.308. The first kappa shape index (κ1) is 36.4. The maximum Gasteiger partial charge on any atom is 0.341 e. The van der Waals surface area contributed by atoms with Crippen molar-refractivity contribution in [2.45, 2.75) is 51.6 Å². The van der Waals surface area contributed by atoms with Crippen LogP contribution in [0.5, 0.6) is 11.5 Å². The van der Waals surface area contributed by atoms with Crippen molar-refractivity contribution in [2.75, 3.05) is 14.2 Å². The van der Waals surface area contributed by atoms with Gasteiger partial charge >= 0.3 is 28.6 Å². The van der Waals surface area contributed by atoms with Gasteiger partial charge in [0, 0.05) is 0 Å². The van der Waals surface area contributed by atoms with E-state index in [1.807, 2.05) is 72.8 Å². The van der Waals surface area contributed by atoms with E-state index in [0.29, 0.717) is 0 Å². The third-order valence-electron chi connectivity index (χ3n) is 9.25. The Morgan fingerprint density at radius 3 is 0.880 bits per heavy atom. The molecular weight excluding hydrogens is 657 g/mol. The van der Waals surface area contributed by atoms with Gasteiger partial charge in [-0.2, -0.15) is 0 Å². The monoisotopic (exact) mass is 702 g/mol. The summed E-state index contributed by atoms with van der Waals surface area (Å²) in [5.74, 6) is -0.772. The van der Waals surface area contributed by atoms with E-state index in [-0.39, 0.29) is 22.6 Å². The Bertz CT molecular complexity index is 1690. The minimum atomic E-state index is -3.24. The fourth-order valence-corrected chi connectivity index (χ4v) is 15.8. The topological polar surface area (TPSA) is 71.1 Å². The van der Waals surface area contributed by atoms with E-state index >= 15 is 0 Å². The first-order valence-corrected chi connectivity index (χ1v) is 20.6. The third-order valence-corrected chi connectivity index (χ3v) is 19.1. The molecule has 0 unspecified atom stereocenters. The highest BCUT2D eigenvalue weighted by Crippen LogP contribution is 2.43. The van der Waals surface area contributed by atoms with Crippen molar-refractivity contribution in [3.8, 4) is 11.5 Å². The Kier molecular flexibility index (Phi) is 10.5. The number of ether oxygens (including phenoxy) is 2. The van der Waals surface area contributed by atoms with Gasteiger partial charge in [0.2, 0.25) is 0 Å². The molecule has 8 heteroatoms. The summed E-state index contributed by atoms with van der Waals surface area (Å²) < 4.78 is 25.4. The Labute approximate surface area is 298 Å². The fourth-order valence-electron chi connectivity index (χ4n) is 6.90. The predicted molar refractivity (Wildman–Crippen MR) is 206 cm³/mol. The largest absolute Gasteiger partial charge is 0.533 e. The molecule has 0 aliphatic carbocycles. The molecule has 0 heterocycles. The maximum atomic E-state index is 13.8. The van der Waals surface area contributed by atoms with Crippen LogP contribution in [0.2, 0.25) is 10.1 Å². The molecule has 0 aliphatic heterocycles. The second-order valence-electron chi connectivity index (χ2n) is 14.4. The van der Waals surface area contributed by atoms with Crippen LogP contribution in [0.15, 0.2) is 133 Å². The van der Waals surface area contributed by atoms with Gasteiger partial charge in [-0.05, 0) is 43.0 Å². The number of rotatable bonds is 10. The van der Waals surface area contributed by atoms with E-state index in [0.717, 1.165) is 20.7 Å². The molecule has 0 amide bonds. The summed E-state index contributed by atoms with van der Waals surface area (Å²) >= 11 is 0. The van der Waals surface area contributed by atoms with Gasteiger partial charge in [-0.1, -0.05) is 163 Å². The van der Waals surface area contributed by atoms with Crippen LogP contribution < -0.4 is 29.6 Å². The van der Waals surface area contributed by atoms with E-state index in [1.165, 1.54) is 14.2 Å². The van der Waals surface area contributed by atoms with Gasteiger partial charge < -0.3 is 18.3 Å². The molecule has 0 aromatic heterocycles. The van der Waals surface area contributed by atoms with Crippen LogP contribution in [-0.2, 0) is 9.47 Å². The number of benzene rings is 5. The second-order valence-corrected chi connectivity index (χ2v) is 22.8. The van der Waals surface area contributed by atoms with Gasteiger partial charge in [-0.15, -0.1) is 0 Å². The third kappa shape index (κ3) is 6.65. The van der Waals surface area contributed by atoms with Gasteiger partial charge in [0.15, 0.2) is 0 Å². The van der Waals surface area contributed by atoms with Crippen LogP contribution in [0.25, 0.3) is 0 Å². The zero-order valence-corrected chi connectivity index (χ0v) is 32.2. The zero-order valence-electron chi connectivity index (χ0n) is 30.2. The highest BCUT2D eigenvalue weighted by molar-refractivity contribution is 7.00.